The van der Waals surface area contributed by atoms with Gasteiger partial charge < -0.3 is 10.2 Å². The van der Waals surface area contributed by atoms with E-state index in [0.29, 0.717) is 16.5 Å². The summed E-state index contributed by atoms with van der Waals surface area (Å²) in [7, 11) is 1.81. The summed E-state index contributed by atoms with van der Waals surface area (Å²) in [5.41, 5.74) is 0.561. The average molecular weight is 302 g/mol. The van der Waals surface area contributed by atoms with Crippen LogP contribution >= 0.6 is 23.4 Å². The van der Waals surface area contributed by atoms with E-state index < -0.39 is 0 Å². The Balaban J connectivity index is 2.92. The molecule has 0 spiro atoms. The van der Waals surface area contributed by atoms with Crippen LogP contribution in [-0.4, -0.2) is 47.4 Å². The second-order valence-electron chi connectivity index (χ2n) is 4.31. The van der Waals surface area contributed by atoms with E-state index in [0.717, 1.165) is 12.3 Å². The number of pyridine rings is 1. The Labute approximate surface area is 123 Å². The lowest BCUT2D eigenvalue weighted by molar-refractivity contribution is 0.0757. The Morgan fingerprint density at radius 3 is 2.84 bits per heavy atom. The van der Waals surface area contributed by atoms with Crippen LogP contribution < -0.4 is 5.32 Å². The molecule has 1 aromatic rings. The van der Waals surface area contributed by atoms with Crippen molar-refractivity contribution in [1.29, 1.82) is 0 Å². The van der Waals surface area contributed by atoms with E-state index in [1.807, 2.05) is 27.2 Å². The Morgan fingerprint density at radius 1 is 1.58 bits per heavy atom. The zero-order valence-corrected chi connectivity index (χ0v) is 13.3. The number of anilines is 1. The minimum absolute atomic E-state index is 0.0370. The fourth-order valence-electron chi connectivity index (χ4n) is 1.65. The van der Waals surface area contributed by atoms with Crippen LogP contribution in [0.2, 0.25) is 5.15 Å². The largest absolute Gasteiger partial charge is 0.370 e. The Morgan fingerprint density at radius 2 is 2.26 bits per heavy atom. The highest BCUT2D eigenvalue weighted by Crippen LogP contribution is 2.17. The molecule has 1 unspecified atom stereocenters. The van der Waals surface area contributed by atoms with Crippen molar-refractivity contribution in [1.82, 2.24) is 9.88 Å². The molecule has 0 radical (unpaired) electrons. The predicted octanol–water partition coefficient (Wildman–Crippen LogP) is 2.99. The van der Waals surface area contributed by atoms with E-state index in [-0.39, 0.29) is 11.9 Å². The first kappa shape index (κ1) is 16.1. The number of nitrogens with zero attached hydrogens (tertiary/aromatic N) is 2. The van der Waals surface area contributed by atoms with Crippen LogP contribution in [-0.2, 0) is 0 Å². The zero-order chi connectivity index (χ0) is 14.4. The van der Waals surface area contributed by atoms with Gasteiger partial charge in [-0.3, -0.25) is 4.79 Å². The van der Waals surface area contributed by atoms with Crippen molar-refractivity contribution in [3.63, 3.8) is 0 Å². The summed E-state index contributed by atoms with van der Waals surface area (Å²) < 4.78 is 0. The molecule has 19 heavy (non-hydrogen) atoms. The minimum atomic E-state index is -0.0370. The van der Waals surface area contributed by atoms with Crippen LogP contribution in [0.5, 0.6) is 0 Å². The highest BCUT2D eigenvalue weighted by molar-refractivity contribution is 7.98. The molecule has 0 aliphatic carbocycles. The van der Waals surface area contributed by atoms with Crippen LogP contribution in [0.25, 0.3) is 0 Å². The van der Waals surface area contributed by atoms with Crippen molar-refractivity contribution in [2.45, 2.75) is 19.9 Å². The summed E-state index contributed by atoms with van der Waals surface area (Å²) in [4.78, 5) is 18.2. The van der Waals surface area contributed by atoms with Gasteiger partial charge in [-0.25, -0.2) is 4.98 Å². The molecule has 0 saturated heterocycles. The lowest BCUT2D eigenvalue weighted by Gasteiger charge is -2.24. The fourth-order valence-corrected chi connectivity index (χ4v) is 2.56. The van der Waals surface area contributed by atoms with E-state index in [2.05, 4.69) is 10.3 Å². The van der Waals surface area contributed by atoms with Crippen LogP contribution in [0.15, 0.2) is 12.1 Å². The molecule has 6 heteroatoms. The molecule has 1 heterocycles. The van der Waals surface area contributed by atoms with Gasteiger partial charge in [-0.2, -0.15) is 11.8 Å². The summed E-state index contributed by atoms with van der Waals surface area (Å²) in [6.07, 6.45) is 2.03. The quantitative estimate of drug-likeness (QED) is 0.821. The molecular formula is C13H20ClN3OS. The van der Waals surface area contributed by atoms with Crippen molar-refractivity contribution in [2.75, 3.05) is 30.9 Å². The Hall–Kier alpha value is -0.940. The third kappa shape index (κ3) is 4.58. The van der Waals surface area contributed by atoms with Crippen molar-refractivity contribution >= 4 is 35.1 Å². The summed E-state index contributed by atoms with van der Waals surface area (Å²) in [5.74, 6) is 1.50. The van der Waals surface area contributed by atoms with Gasteiger partial charge in [0.25, 0.3) is 5.91 Å². The molecule has 1 rings (SSSR count). The number of rotatable bonds is 6. The molecule has 0 saturated carbocycles. The highest BCUT2D eigenvalue weighted by atomic mass is 35.5. The maximum Gasteiger partial charge on any atom is 0.254 e. The molecule has 1 amide bonds. The smallest absolute Gasteiger partial charge is 0.254 e. The molecule has 0 aliphatic rings. The number of halogens is 1. The summed E-state index contributed by atoms with van der Waals surface area (Å²) in [6, 6.07) is 3.52. The summed E-state index contributed by atoms with van der Waals surface area (Å²) in [6.45, 7) is 4.73. The van der Waals surface area contributed by atoms with Gasteiger partial charge in [-0.15, -0.1) is 0 Å². The maximum absolute atomic E-state index is 12.4. The zero-order valence-electron chi connectivity index (χ0n) is 11.7. The SMILES string of the molecule is CCNc1cc(C(=O)N(C)C(C)CSC)cc(Cl)n1. The second kappa shape index (κ2) is 7.60. The predicted molar refractivity (Wildman–Crippen MR) is 83.3 cm³/mol. The number of amides is 1. The van der Waals surface area contributed by atoms with Crippen LogP contribution in [0.4, 0.5) is 5.82 Å². The Bertz CT molecular complexity index is 442. The Kier molecular flexibility index (Phi) is 6.45. The normalized spacial score (nSPS) is 12.1. The van der Waals surface area contributed by atoms with Crippen LogP contribution in [0, 0.1) is 0 Å². The number of nitrogens with one attached hydrogen (secondary N) is 1. The number of carbonyl (C=O) groups excluding carboxylic acids is 1. The van der Waals surface area contributed by atoms with Gasteiger partial charge >= 0.3 is 0 Å². The van der Waals surface area contributed by atoms with Crippen LogP contribution in [0.1, 0.15) is 24.2 Å². The minimum Gasteiger partial charge on any atom is -0.370 e. The first-order chi connectivity index (χ1) is 8.99. The molecule has 1 atom stereocenters. The van der Waals surface area contributed by atoms with Gasteiger partial charge in [0.1, 0.15) is 11.0 Å². The van der Waals surface area contributed by atoms with E-state index in [4.69, 9.17) is 11.6 Å². The molecule has 0 bridgehead atoms. The van der Waals surface area contributed by atoms with Gasteiger partial charge in [-0.05, 0) is 32.2 Å². The lowest BCUT2D eigenvalue weighted by Crippen LogP contribution is -2.36. The molecule has 1 aromatic heterocycles. The number of carbonyl (C=O) groups is 1. The van der Waals surface area contributed by atoms with Crippen molar-refractivity contribution in [2.24, 2.45) is 0 Å². The van der Waals surface area contributed by atoms with Crippen molar-refractivity contribution in [3.8, 4) is 0 Å². The third-order valence-corrected chi connectivity index (χ3v) is 3.80. The number of thioether (sulfide) groups is 1. The van der Waals surface area contributed by atoms with E-state index in [9.17, 15) is 4.79 Å². The first-order valence-electron chi connectivity index (χ1n) is 6.17. The van der Waals surface area contributed by atoms with Gasteiger partial charge in [0.05, 0.1) is 0 Å². The monoisotopic (exact) mass is 301 g/mol. The van der Waals surface area contributed by atoms with Gasteiger partial charge in [-0.1, -0.05) is 11.6 Å². The number of hydrogen-bond donors (Lipinski definition) is 1. The molecule has 0 fully saturated rings. The molecule has 0 aromatic carbocycles. The standard InChI is InChI=1S/C13H20ClN3OS/c1-5-15-12-7-10(6-11(14)16-12)13(18)17(3)9(2)8-19-4/h6-7,9H,5,8H2,1-4H3,(H,15,16). The fraction of sp³-hybridized carbons (Fsp3) is 0.538. The molecule has 1 N–H and O–H groups in total. The highest BCUT2D eigenvalue weighted by Gasteiger charge is 2.18. The number of aromatic nitrogens is 1. The molecular weight excluding hydrogens is 282 g/mol. The van der Waals surface area contributed by atoms with E-state index in [1.165, 1.54) is 0 Å². The lowest BCUT2D eigenvalue weighted by atomic mass is 10.2. The summed E-state index contributed by atoms with van der Waals surface area (Å²) in [5, 5.41) is 3.39. The second-order valence-corrected chi connectivity index (χ2v) is 5.61. The molecule has 4 nitrogen and oxygen atoms in total. The van der Waals surface area contributed by atoms with Crippen LogP contribution in [0.3, 0.4) is 0 Å². The molecule has 0 aliphatic heterocycles. The van der Waals surface area contributed by atoms with Crippen molar-refractivity contribution in [3.05, 3.63) is 22.8 Å². The van der Waals surface area contributed by atoms with Crippen molar-refractivity contribution < 1.29 is 4.79 Å². The molecule has 106 valence electrons. The van der Waals surface area contributed by atoms with E-state index in [1.54, 1.807) is 28.8 Å². The average Bonchev–Trinajstić information content (AvgIpc) is 2.37. The van der Waals surface area contributed by atoms with E-state index >= 15 is 0 Å². The maximum atomic E-state index is 12.4. The third-order valence-electron chi connectivity index (χ3n) is 2.79. The summed E-state index contributed by atoms with van der Waals surface area (Å²) >= 11 is 7.67. The van der Waals surface area contributed by atoms with Gasteiger partial charge in [0.15, 0.2) is 0 Å². The first-order valence-corrected chi connectivity index (χ1v) is 7.94. The van der Waals surface area contributed by atoms with Gasteiger partial charge in [0.2, 0.25) is 0 Å². The van der Waals surface area contributed by atoms with Gasteiger partial charge in [0, 0.05) is 31.0 Å². The number of hydrogen-bond acceptors (Lipinski definition) is 4. The topological polar surface area (TPSA) is 45.2 Å².